The van der Waals surface area contributed by atoms with Gasteiger partial charge in [-0.15, -0.1) is 0 Å². The summed E-state index contributed by atoms with van der Waals surface area (Å²) in [6.45, 7) is 7.57. The molecule has 1 unspecified atom stereocenters. The van der Waals surface area contributed by atoms with Crippen LogP contribution in [0.1, 0.15) is 30.9 Å². The molecule has 1 aromatic carbocycles. The van der Waals surface area contributed by atoms with E-state index in [9.17, 15) is 4.79 Å². The Balaban J connectivity index is 1.55. The van der Waals surface area contributed by atoms with E-state index in [0.29, 0.717) is 17.3 Å². The van der Waals surface area contributed by atoms with Gasteiger partial charge in [-0.25, -0.2) is 4.98 Å². The summed E-state index contributed by atoms with van der Waals surface area (Å²) in [5.41, 5.74) is 2.83. The third-order valence-corrected chi connectivity index (χ3v) is 5.26. The molecule has 0 aliphatic carbocycles. The van der Waals surface area contributed by atoms with Crippen molar-refractivity contribution in [3.8, 4) is 11.6 Å². The zero-order valence-corrected chi connectivity index (χ0v) is 17.1. The summed E-state index contributed by atoms with van der Waals surface area (Å²) in [5, 5.41) is 3.01. The molecule has 3 rings (SSSR count). The molecule has 6 heteroatoms. The van der Waals surface area contributed by atoms with Crippen LogP contribution in [0, 0.1) is 13.8 Å². The second kappa shape index (κ2) is 9.06. The van der Waals surface area contributed by atoms with Crippen molar-refractivity contribution in [3.05, 3.63) is 47.7 Å². The van der Waals surface area contributed by atoms with Crippen LogP contribution in [-0.2, 0) is 4.79 Å². The van der Waals surface area contributed by atoms with E-state index in [1.54, 1.807) is 13.3 Å². The number of benzene rings is 1. The minimum Gasteiger partial charge on any atom is -0.495 e. The summed E-state index contributed by atoms with van der Waals surface area (Å²) in [6.07, 6.45) is 3.64. The Morgan fingerprint density at radius 2 is 2.00 bits per heavy atom. The first-order valence-corrected chi connectivity index (χ1v) is 9.75. The van der Waals surface area contributed by atoms with Gasteiger partial charge in [0.25, 0.3) is 0 Å². The predicted molar refractivity (Wildman–Crippen MR) is 110 cm³/mol. The largest absolute Gasteiger partial charge is 0.495 e. The number of piperidine rings is 1. The van der Waals surface area contributed by atoms with Crippen LogP contribution in [0.25, 0.3) is 0 Å². The highest BCUT2D eigenvalue weighted by Crippen LogP contribution is 2.26. The van der Waals surface area contributed by atoms with Gasteiger partial charge in [0.1, 0.15) is 11.9 Å². The number of pyridine rings is 1. The van der Waals surface area contributed by atoms with Crippen molar-refractivity contribution in [3.63, 3.8) is 0 Å². The number of hydrogen-bond acceptors (Lipinski definition) is 5. The van der Waals surface area contributed by atoms with Gasteiger partial charge in [-0.3, -0.25) is 9.69 Å². The second-order valence-corrected chi connectivity index (χ2v) is 7.35. The molecule has 28 heavy (non-hydrogen) atoms. The Labute approximate surface area is 166 Å². The Hall–Kier alpha value is -2.60. The van der Waals surface area contributed by atoms with Crippen molar-refractivity contribution < 1.29 is 14.3 Å². The molecule has 1 saturated heterocycles. The lowest BCUT2D eigenvalue weighted by Crippen LogP contribution is -2.48. The van der Waals surface area contributed by atoms with Gasteiger partial charge in [0, 0.05) is 24.8 Å². The molecule has 1 aliphatic heterocycles. The molecule has 0 spiro atoms. The van der Waals surface area contributed by atoms with Crippen molar-refractivity contribution in [2.45, 2.75) is 45.8 Å². The summed E-state index contributed by atoms with van der Waals surface area (Å²) < 4.78 is 11.4. The Kier molecular flexibility index (Phi) is 6.52. The van der Waals surface area contributed by atoms with Crippen molar-refractivity contribution in [2.24, 2.45) is 0 Å². The number of ether oxygens (including phenoxy) is 2. The fourth-order valence-electron chi connectivity index (χ4n) is 3.46. The molecule has 0 saturated carbocycles. The number of aryl methyl sites for hydroxylation is 2. The van der Waals surface area contributed by atoms with Crippen LogP contribution in [-0.4, -0.2) is 48.1 Å². The number of anilines is 1. The minimum atomic E-state index is -0.220. The van der Waals surface area contributed by atoms with E-state index in [-0.39, 0.29) is 18.1 Å². The first-order chi connectivity index (χ1) is 13.5. The number of likely N-dealkylation sites (tertiary alicyclic amines) is 1. The molecule has 2 aromatic rings. The quantitative estimate of drug-likeness (QED) is 0.826. The van der Waals surface area contributed by atoms with Gasteiger partial charge in [-0.2, -0.15) is 0 Å². The van der Waals surface area contributed by atoms with E-state index < -0.39 is 0 Å². The fourth-order valence-corrected chi connectivity index (χ4v) is 3.46. The van der Waals surface area contributed by atoms with Crippen molar-refractivity contribution in [2.75, 3.05) is 25.5 Å². The Morgan fingerprint density at radius 3 is 2.68 bits per heavy atom. The molecule has 1 aromatic heterocycles. The number of carbonyl (C=O) groups excluding carboxylic acids is 1. The fraction of sp³-hybridized carbons (Fsp3) is 0.455. The van der Waals surface area contributed by atoms with Gasteiger partial charge in [0.15, 0.2) is 0 Å². The van der Waals surface area contributed by atoms with Crippen molar-refractivity contribution >= 4 is 11.6 Å². The van der Waals surface area contributed by atoms with E-state index in [1.807, 2.05) is 51.1 Å². The van der Waals surface area contributed by atoms with E-state index in [1.165, 1.54) is 0 Å². The average molecular weight is 383 g/mol. The predicted octanol–water partition coefficient (Wildman–Crippen LogP) is 3.58. The van der Waals surface area contributed by atoms with Gasteiger partial charge in [0.05, 0.1) is 18.8 Å². The molecule has 2 heterocycles. The lowest BCUT2D eigenvalue weighted by Gasteiger charge is -2.35. The van der Waals surface area contributed by atoms with Gasteiger partial charge < -0.3 is 14.8 Å². The molecule has 1 fully saturated rings. The first kappa shape index (κ1) is 20.1. The van der Waals surface area contributed by atoms with Crippen LogP contribution in [0.4, 0.5) is 5.69 Å². The maximum atomic E-state index is 12.8. The highest BCUT2D eigenvalue weighted by molar-refractivity contribution is 5.96. The highest BCUT2D eigenvalue weighted by Gasteiger charge is 2.28. The summed E-state index contributed by atoms with van der Waals surface area (Å²) in [7, 11) is 1.61. The standard InChI is InChI=1S/C22H29N3O3/c1-15-7-8-20(27-4)19(14-15)24-21(26)17(3)25-12-9-18(10-13-25)28-22-16(2)6-5-11-23-22/h5-8,11,14,17-18H,9-10,12-13H2,1-4H3,(H,24,26). The van der Waals surface area contributed by atoms with E-state index in [4.69, 9.17) is 9.47 Å². The van der Waals surface area contributed by atoms with Gasteiger partial charge in [0.2, 0.25) is 11.8 Å². The van der Waals surface area contributed by atoms with Crippen molar-refractivity contribution in [1.82, 2.24) is 9.88 Å². The lowest BCUT2D eigenvalue weighted by atomic mass is 10.1. The molecular weight excluding hydrogens is 354 g/mol. The van der Waals surface area contributed by atoms with Gasteiger partial charge >= 0.3 is 0 Å². The van der Waals surface area contributed by atoms with E-state index in [0.717, 1.165) is 37.1 Å². The maximum Gasteiger partial charge on any atom is 0.241 e. The topological polar surface area (TPSA) is 63.7 Å². The summed E-state index contributed by atoms with van der Waals surface area (Å²) in [6, 6.07) is 9.46. The molecule has 1 N–H and O–H groups in total. The van der Waals surface area contributed by atoms with Crippen LogP contribution in [0.2, 0.25) is 0 Å². The third-order valence-electron chi connectivity index (χ3n) is 5.26. The summed E-state index contributed by atoms with van der Waals surface area (Å²) in [5.74, 6) is 1.35. The maximum absolute atomic E-state index is 12.8. The SMILES string of the molecule is COc1ccc(C)cc1NC(=O)C(C)N1CCC(Oc2ncccc2C)CC1. The zero-order chi connectivity index (χ0) is 20.1. The Morgan fingerprint density at radius 1 is 1.25 bits per heavy atom. The van der Waals surface area contributed by atoms with Gasteiger partial charge in [-0.1, -0.05) is 12.1 Å². The van der Waals surface area contributed by atoms with Crippen LogP contribution < -0.4 is 14.8 Å². The lowest BCUT2D eigenvalue weighted by molar-refractivity contribution is -0.121. The number of methoxy groups -OCH3 is 1. The normalized spacial score (nSPS) is 16.4. The van der Waals surface area contributed by atoms with Crippen molar-refractivity contribution in [1.29, 1.82) is 0 Å². The molecule has 1 aliphatic rings. The molecule has 0 radical (unpaired) electrons. The zero-order valence-electron chi connectivity index (χ0n) is 17.1. The van der Waals surface area contributed by atoms with Crippen LogP contribution in [0.15, 0.2) is 36.5 Å². The molecule has 150 valence electrons. The molecular formula is C22H29N3O3. The number of nitrogens with one attached hydrogen (secondary N) is 1. The number of nitrogens with zero attached hydrogens (tertiary/aromatic N) is 2. The molecule has 1 amide bonds. The van der Waals surface area contributed by atoms with Crippen LogP contribution >= 0.6 is 0 Å². The average Bonchev–Trinajstić information content (AvgIpc) is 2.70. The third kappa shape index (κ3) is 4.81. The Bertz CT molecular complexity index is 816. The monoisotopic (exact) mass is 383 g/mol. The van der Waals surface area contributed by atoms with E-state index >= 15 is 0 Å². The minimum absolute atomic E-state index is 0.0242. The smallest absolute Gasteiger partial charge is 0.241 e. The van der Waals surface area contributed by atoms with Crippen LogP contribution in [0.3, 0.4) is 0 Å². The summed E-state index contributed by atoms with van der Waals surface area (Å²) >= 11 is 0. The van der Waals surface area contributed by atoms with Gasteiger partial charge in [-0.05, 0) is 57.4 Å². The van der Waals surface area contributed by atoms with Crippen LogP contribution in [0.5, 0.6) is 11.6 Å². The second-order valence-electron chi connectivity index (χ2n) is 7.35. The molecule has 6 nitrogen and oxygen atoms in total. The number of amides is 1. The highest BCUT2D eigenvalue weighted by atomic mass is 16.5. The van der Waals surface area contributed by atoms with E-state index in [2.05, 4.69) is 15.2 Å². The number of aromatic nitrogens is 1. The first-order valence-electron chi connectivity index (χ1n) is 9.75. The number of carbonyl (C=O) groups is 1. The summed E-state index contributed by atoms with van der Waals surface area (Å²) in [4.78, 5) is 19.3. The molecule has 1 atom stereocenters. The number of rotatable bonds is 6. The molecule has 0 bridgehead atoms. The number of hydrogen-bond donors (Lipinski definition) is 1.